The van der Waals surface area contributed by atoms with E-state index < -0.39 is 11.7 Å². The van der Waals surface area contributed by atoms with Crippen LogP contribution in [0, 0.1) is 0 Å². The number of carbonyl (C=O) groups is 1. The number of oxazole rings is 1. The molecule has 0 aliphatic carbocycles. The lowest BCUT2D eigenvalue weighted by Gasteiger charge is -2.38. The molecular formula is C30H30ClN7O5. The van der Waals surface area contributed by atoms with E-state index in [1.807, 2.05) is 42.5 Å². The normalized spacial score (nSPS) is 15.1. The van der Waals surface area contributed by atoms with Gasteiger partial charge in [0.2, 0.25) is 5.89 Å². The molecule has 1 aliphatic heterocycles. The standard InChI is InChI=1S/C30H30ClN7O5/c1-36-26(20-4-2-19(3-5-20)16-43-29(32)40)24-25(35-36)28(39)38(18-34-24)17-30(41)8-11-37(12-9-30)15-22-7-6-21(14-23(22)31)27-33-10-13-42-27/h2-7,10,13-14,18,41H,8-9,11-12,15-17H2,1H3,(H2,32,40). The molecule has 0 radical (unpaired) electrons. The van der Waals surface area contributed by atoms with Crippen LogP contribution in [0.4, 0.5) is 4.79 Å². The molecule has 12 nitrogen and oxygen atoms in total. The first-order chi connectivity index (χ1) is 20.7. The largest absolute Gasteiger partial charge is 0.445 e. The second-order valence-corrected chi connectivity index (χ2v) is 11.2. The van der Waals surface area contributed by atoms with E-state index in [0.717, 1.165) is 22.3 Å². The fourth-order valence-corrected chi connectivity index (χ4v) is 5.70. The molecule has 222 valence electrons. The van der Waals surface area contributed by atoms with Crippen molar-refractivity contribution in [1.82, 2.24) is 29.2 Å². The first-order valence-corrected chi connectivity index (χ1v) is 14.1. The van der Waals surface area contributed by atoms with Crippen LogP contribution in [0.25, 0.3) is 33.7 Å². The number of piperidine rings is 1. The van der Waals surface area contributed by atoms with Gasteiger partial charge in [-0.15, -0.1) is 0 Å². The molecule has 1 fully saturated rings. The van der Waals surface area contributed by atoms with Crippen LogP contribution in [-0.4, -0.2) is 59.1 Å². The molecule has 1 amide bonds. The molecule has 43 heavy (non-hydrogen) atoms. The van der Waals surface area contributed by atoms with Gasteiger partial charge in [-0.2, -0.15) is 5.10 Å². The van der Waals surface area contributed by atoms with Crippen molar-refractivity contribution in [3.63, 3.8) is 0 Å². The average Bonchev–Trinajstić information content (AvgIpc) is 3.65. The maximum atomic E-state index is 13.4. The SMILES string of the molecule is Cn1nc2c(=O)n(CC3(O)CCN(Cc4ccc(-c5ncco5)cc4Cl)CC3)cnc2c1-c1ccc(COC(N)=O)cc1. The van der Waals surface area contributed by atoms with Crippen molar-refractivity contribution in [2.45, 2.75) is 38.1 Å². The third-order valence-electron chi connectivity index (χ3n) is 7.80. The molecule has 3 aromatic heterocycles. The summed E-state index contributed by atoms with van der Waals surface area (Å²) >= 11 is 6.56. The Morgan fingerprint density at radius 3 is 2.53 bits per heavy atom. The Morgan fingerprint density at radius 2 is 1.86 bits per heavy atom. The molecule has 0 unspecified atom stereocenters. The Kier molecular flexibility index (Phi) is 7.74. The summed E-state index contributed by atoms with van der Waals surface area (Å²) in [7, 11) is 1.75. The van der Waals surface area contributed by atoms with Crippen LogP contribution in [0.15, 0.2) is 70.5 Å². The summed E-state index contributed by atoms with van der Waals surface area (Å²) in [6.45, 7) is 2.12. The molecule has 0 spiro atoms. The predicted molar refractivity (Wildman–Crippen MR) is 159 cm³/mol. The molecular weight excluding hydrogens is 574 g/mol. The highest BCUT2D eigenvalue weighted by molar-refractivity contribution is 6.31. The van der Waals surface area contributed by atoms with Crippen LogP contribution in [0.3, 0.4) is 0 Å². The van der Waals surface area contributed by atoms with E-state index in [2.05, 4.69) is 20.0 Å². The van der Waals surface area contributed by atoms with Crippen LogP contribution in [0.1, 0.15) is 24.0 Å². The Balaban J connectivity index is 1.13. The van der Waals surface area contributed by atoms with Crippen molar-refractivity contribution in [2.75, 3.05) is 13.1 Å². The second-order valence-electron chi connectivity index (χ2n) is 10.8. The van der Waals surface area contributed by atoms with Crippen LogP contribution in [0.2, 0.25) is 5.02 Å². The van der Waals surface area contributed by atoms with Gasteiger partial charge in [0, 0.05) is 42.8 Å². The molecule has 2 aromatic carbocycles. The van der Waals surface area contributed by atoms with E-state index in [1.54, 1.807) is 17.9 Å². The number of aliphatic hydroxyl groups is 1. The van der Waals surface area contributed by atoms with Crippen LogP contribution >= 0.6 is 11.6 Å². The van der Waals surface area contributed by atoms with Gasteiger partial charge in [0.05, 0.1) is 30.4 Å². The number of benzene rings is 2. The van der Waals surface area contributed by atoms with Crippen molar-refractivity contribution < 1.29 is 19.1 Å². The smallest absolute Gasteiger partial charge is 0.404 e. The lowest BCUT2D eigenvalue weighted by molar-refractivity contribution is -0.0364. The number of hydrogen-bond donors (Lipinski definition) is 2. The molecule has 3 N–H and O–H groups in total. The number of carbonyl (C=O) groups excluding carboxylic acids is 1. The van der Waals surface area contributed by atoms with Gasteiger partial charge in [-0.1, -0.05) is 41.9 Å². The van der Waals surface area contributed by atoms with E-state index in [1.165, 1.54) is 17.2 Å². The molecule has 0 bridgehead atoms. The Bertz CT molecular complexity index is 1820. The number of nitrogens with two attached hydrogens (primary N) is 1. The minimum Gasteiger partial charge on any atom is -0.445 e. The van der Waals surface area contributed by atoms with Crippen molar-refractivity contribution >= 4 is 28.7 Å². The summed E-state index contributed by atoms with van der Waals surface area (Å²) in [6, 6.07) is 13.1. The summed E-state index contributed by atoms with van der Waals surface area (Å²) in [5.41, 5.74) is 8.41. The number of aryl methyl sites for hydroxylation is 1. The topological polar surface area (TPSA) is 155 Å². The first kappa shape index (κ1) is 28.6. The fourth-order valence-electron chi connectivity index (χ4n) is 5.46. The van der Waals surface area contributed by atoms with Gasteiger partial charge in [-0.25, -0.2) is 14.8 Å². The van der Waals surface area contributed by atoms with Crippen LogP contribution in [-0.2, 0) is 31.5 Å². The van der Waals surface area contributed by atoms with Crippen LogP contribution < -0.4 is 11.3 Å². The number of amides is 1. The molecule has 13 heteroatoms. The van der Waals surface area contributed by atoms with Crippen molar-refractivity contribution in [1.29, 1.82) is 0 Å². The number of ether oxygens (including phenoxy) is 1. The summed E-state index contributed by atoms with van der Waals surface area (Å²) < 4.78 is 13.3. The van der Waals surface area contributed by atoms with Gasteiger partial charge in [0.25, 0.3) is 5.56 Å². The predicted octanol–water partition coefficient (Wildman–Crippen LogP) is 3.73. The van der Waals surface area contributed by atoms with Gasteiger partial charge < -0.3 is 20.0 Å². The minimum absolute atomic E-state index is 0.0661. The van der Waals surface area contributed by atoms with E-state index >= 15 is 0 Å². The molecule has 4 heterocycles. The first-order valence-electron chi connectivity index (χ1n) is 13.8. The van der Waals surface area contributed by atoms with E-state index in [9.17, 15) is 14.7 Å². The third kappa shape index (κ3) is 6.03. The third-order valence-corrected chi connectivity index (χ3v) is 8.15. The molecule has 6 rings (SSSR count). The molecule has 0 saturated carbocycles. The highest BCUT2D eigenvalue weighted by Gasteiger charge is 2.33. The van der Waals surface area contributed by atoms with Gasteiger partial charge in [0.1, 0.15) is 18.4 Å². The number of fused-ring (bicyclic) bond motifs is 1. The Morgan fingerprint density at radius 1 is 1.12 bits per heavy atom. The summed E-state index contributed by atoms with van der Waals surface area (Å²) in [5, 5.41) is 16.5. The van der Waals surface area contributed by atoms with E-state index in [4.69, 9.17) is 26.5 Å². The molecule has 5 aromatic rings. The van der Waals surface area contributed by atoms with Gasteiger partial charge >= 0.3 is 6.09 Å². The Hall–Kier alpha value is -4.52. The number of aromatic nitrogens is 5. The van der Waals surface area contributed by atoms with Crippen molar-refractivity contribution in [2.24, 2.45) is 12.8 Å². The average molecular weight is 604 g/mol. The highest BCUT2D eigenvalue weighted by atomic mass is 35.5. The zero-order chi connectivity index (χ0) is 30.1. The van der Waals surface area contributed by atoms with E-state index in [-0.39, 0.29) is 24.2 Å². The summed E-state index contributed by atoms with van der Waals surface area (Å²) in [6.07, 6.45) is 4.73. The van der Waals surface area contributed by atoms with Gasteiger partial charge in [-0.3, -0.25) is 18.9 Å². The van der Waals surface area contributed by atoms with E-state index in [0.29, 0.717) is 54.6 Å². The number of nitrogens with zero attached hydrogens (tertiary/aromatic N) is 6. The zero-order valence-electron chi connectivity index (χ0n) is 23.4. The Labute approximate surface area is 251 Å². The van der Waals surface area contributed by atoms with Gasteiger partial charge in [-0.05, 0) is 36.1 Å². The highest BCUT2D eigenvalue weighted by Crippen LogP contribution is 2.30. The second kappa shape index (κ2) is 11.6. The molecule has 0 atom stereocenters. The number of rotatable bonds is 8. The minimum atomic E-state index is -1.06. The quantitative estimate of drug-likeness (QED) is 0.270. The number of halogens is 1. The summed E-state index contributed by atoms with van der Waals surface area (Å²) in [5.74, 6) is 0.518. The van der Waals surface area contributed by atoms with Crippen LogP contribution in [0.5, 0.6) is 0 Å². The maximum Gasteiger partial charge on any atom is 0.404 e. The van der Waals surface area contributed by atoms with Crippen molar-refractivity contribution in [3.8, 4) is 22.7 Å². The summed E-state index contributed by atoms with van der Waals surface area (Å²) in [4.78, 5) is 35.3. The molecule has 1 aliphatic rings. The monoisotopic (exact) mass is 603 g/mol. The maximum absolute atomic E-state index is 13.4. The number of likely N-dealkylation sites (tertiary alicyclic amines) is 1. The fraction of sp³-hybridized carbons (Fsp3) is 0.300. The van der Waals surface area contributed by atoms with Gasteiger partial charge in [0.15, 0.2) is 5.52 Å². The molecule has 1 saturated heterocycles. The number of hydrogen-bond acceptors (Lipinski definition) is 9. The number of primary amides is 1. The lowest BCUT2D eigenvalue weighted by atomic mass is 9.91. The van der Waals surface area contributed by atoms with Crippen molar-refractivity contribution in [3.05, 3.63) is 87.8 Å². The zero-order valence-corrected chi connectivity index (χ0v) is 24.2. The lowest BCUT2D eigenvalue weighted by Crippen LogP contribution is -2.47.